The van der Waals surface area contributed by atoms with E-state index >= 15 is 0 Å². The number of halogens is 3. The minimum absolute atomic E-state index is 0.0337. The SMILES string of the molecule is C=CC(=O)NC1CCC(Oc2ccc(C(F)(F)F)cc2)CC1. The molecule has 0 saturated heterocycles. The molecule has 1 aromatic rings. The summed E-state index contributed by atoms with van der Waals surface area (Å²) in [5.41, 5.74) is -0.685. The summed E-state index contributed by atoms with van der Waals surface area (Å²) in [6, 6.07) is 4.83. The van der Waals surface area contributed by atoms with E-state index in [0.717, 1.165) is 37.8 Å². The van der Waals surface area contributed by atoms with E-state index in [-0.39, 0.29) is 18.1 Å². The van der Waals surface area contributed by atoms with Crippen molar-refractivity contribution in [2.75, 3.05) is 0 Å². The van der Waals surface area contributed by atoms with E-state index < -0.39 is 11.7 Å². The molecule has 1 aromatic carbocycles. The van der Waals surface area contributed by atoms with Crippen LogP contribution in [-0.4, -0.2) is 18.1 Å². The van der Waals surface area contributed by atoms with Crippen molar-refractivity contribution in [3.8, 4) is 5.75 Å². The topological polar surface area (TPSA) is 38.3 Å². The molecule has 1 saturated carbocycles. The summed E-state index contributed by atoms with van der Waals surface area (Å²) in [4.78, 5) is 11.2. The van der Waals surface area contributed by atoms with Crippen molar-refractivity contribution in [1.82, 2.24) is 5.32 Å². The van der Waals surface area contributed by atoms with Crippen molar-refractivity contribution >= 4 is 5.91 Å². The third kappa shape index (κ3) is 4.51. The number of ether oxygens (including phenoxy) is 1. The van der Waals surface area contributed by atoms with Gasteiger partial charge < -0.3 is 10.1 Å². The summed E-state index contributed by atoms with van der Waals surface area (Å²) in [5.74, 6) is 0.249. The zero-order valence-corrected chi connectivity index (χ0v) is 12.0. The van der Waals surface area contributed by atoms with Gasteiger partial charge in [0.25, 0.3) is 0 Å². The van der Waals surface area contributed by atoms with Crippen molar-refractivity contribution in [3.05, 3.63) is 42.5 Å². The van der Waals surface area contributed by atoms with Gasteiger partial charge in [0.2, 0.25) is 5.91 Å². The van der Waals surface area contributed by atoms with Crippen LogP contribution in [0, 0.1) is 0 Å². The van der Waals surface area contributed by atoms with Gasteiger partial charge in [-0.25, -0.2) is 0 Å². The second-order valence-electron chi connectivity index (χ2n) is 5.33. The zero-order valence-electron chi connectivity index (χ0n) is 12.0. The van der Waals surface area contributed by atoms with Gasteiger partial charge in [-0.3, -0.25) is 4.79 Å². The molecule has 22 heavy (non-hydrogen) atoms. The lowest BCUT2D eigenvalue weighted by molar-refractivity contribution is -0.137. The molecule has 1 aliphatic carbocycles. The Labute approximate surface area is 127 Å². The monoisotopic (exact) mass is 313 g/mol. The number of carbonyl (C=O) groups is 1. The van der Waals surface area contributed by atoms with Gasteiger partial charge in [-0.2, -0.15) is 13.2 Å². The van der Waals surface area contributed by atoms with Crippen LogP contribution in [0.2, 0.25) is 0 Å². The van der Waals surface area contributed by atoms with Crippen LogP contribution in [-0.2, 0) is 11.0 Å². The molecule has 1 N–H and O–H groups in total. The van der Waals surface area contributed by atoms with Crippen LogP contribution in [0.1, 0.15) is 31.2 Å². The van der Waals surface area contributed by atoms with Crippen LogP contribution in [0.3, 0.4) is 0 Å². The second kappa shape index (κ2) is 6.85. The van der Waals surface area contributed by atoms with Crippen molar-refractivity contribution in [2.24, 2.45) is 0 Å². The van der Waals surface area contributed by atoms with Gasteiger partial charge in [0, 0.05) is 6.04 Å². The average Bonchev–Trinajstić information content (AvgIpc) is 2.49. The maximum atomic E-state index is 12.5. The average molecular weight is 313 g/mol. The Morgan fingerprint density at radius 3 is 2.27 bits per heavy atom. The molecular formula is C16H18F3NO2. The molecule has 0 aliphatic heterocycles. The van der Waals surface area contributed by atoms with E-state index in [1.807, 2.05) is 0 Å². The Morgan fingerprint density at radius 2 is 1.77 bits per heavy atom. The lowest BCUT2D eigenvalue weighted by atomic mass is 9.93. The van der Waals surface area contributed by atoms with Crippen LogP contribution in [0.15, 0.2) is 36.9 Å². The molecule has 0 spiro atoms. The molecule has 1 amide bonds. The Balaban J connectivity index is 1.83. The van der Waals surface area contributed by atoms with Crippen LogP contribution in [0.25, 0.3) is 0 Å². The number of rotatable bonds is 4. The third-order valence-corrected chi connectivity index (χ3v) is 3.69. The molecule has 0 bridgehead atoms. The molecule has 3 nitrogen and oxygen atoms in total. The fraction of sp³-hybridized carbons (Fsp3) is 0.438. The van der Waals surface area contributed by atoms with Crippen molar-refractivity contribution in [2.45, 2.75) is 44.0 Å². The lowest BCUT2D eigenvalue weighted by Crippen LogP contribution is -2.38. The number of alkyl halides is 3. The summed E-state index contributed by atoms with van der Waals surface area (Å²) in [7, 11) is 0. The highest BCUT2D eigenvalue weighted by Gasteiger charge is 2.30. The molecule has 0 heterocycles. The van der Waals surface area contributed by atoms with Crippen molar-refractivity contribution in [1.29, 1.82) is 0 Å². The predicted octanol–water partition coefficient (Wildman–Crippen LogP) is 3.70. The molecule has 1 aliphatic rings. The van der Waals surface area contributed by atoms with E-state index in [1.165, 1.54) is 18.2 Å². The van der Waals surface area contributed by atoms with E-state index in [1.54, 1.807) is 0 Å². The van der Waals surface area contributed by atoms with Gasteiger partial charge in [0.05, 0.1) is 11.7 Å². The van der Waals surface area contributed by atoms with Gasteiger partial charge >= 0.3 is 6.18 Å². The number of hydrogen-bond donors (Lipinski definition) is 1. The second-order valence-corrected chi connectivity index (χ2v) is 5.33. The number of nitrogens with one attached hydrogen (secondary N) is 1. The quantitative estimate of drug-likeness (QED) is 0.861. The number of carbonyl (C=O) groups excluding carboxylic acids is 1. The van der Waals surface area contributed by atoms with E-state index in [4.69, 9.17) is 4.74 Å². The van der Waals surface area contributed by atoms with Crippen LogP contribution < -0.4 is 10.1 Å². The summed E-state index contributed by atoms with van der Waals surface area (Å²) in [6.45, 7) is 3.40. The van der Waals surface area contributed by atoms with Gasteiger partial charge in [0.1, 0.15) is 5.75 Å². The highest BCUT2D eigenvalue weighted by molar-refractivity contribution is 5.87. The van der Waals surface area contributed by atoms with Gasteiger partial charge in [0.15, 0.2) is 0 Å². The Morgan fingerprint density at radius 1 is 1.18 bits per heavy atom. The first-order valence-electron chi connectivity index (χ1n) is 7.15. The zero-order chi connectivity index (χ0) is 16.2. The minimum Gasteiger partial charge on any atom is -0.490 e. The molecule has 0 radical (unpaired) electrons. The maximum Gasteiger partial charge on any atom is 0.416 e. The molecule has 0 atom stereocenters. The van der Waals surface area contributed by atoms with E-state index in [2.05, 4.69) is 11.9 Å². The van der Waals surface area contributed by atoms with E-state index in [9.17, 15) is 18.0 Å². The molecule has 120 valence electrons. The highest BCUT2D eigenvalue weighted by Crippen LogP contribution is 2.31. The van der Waals surface area contributed by atoms with Gasteiger partial charge in [-0.05, 0) is 56.0 Å². The first-order chi connectivity index (χ1) is 10.4. The molecular weight excluding hydrogens is 295 g/mol. The Bertz CT molecular complexity index is 517. The molecule has 2 rings (SSSR count). The standard InChI is InChI=1S/C16H18F3NO2/c1-2-15(21)20-12-5-9-14(10-6-12)22-13-7-3-11(4-8-13)16(17,18)19/h2-4,7-8,12,14H,1,5-6,9-10H2,(H,20,21). The number of hydrogen-bond acceptors (Lipinski definition) is 2. The first-order valence-corrected chi connectivity index (χ1v) is 7.15. The number of benzene rings is 1. The predicted molar refractivity (Wildman–Crippen MR) is 76.5 cm³/mol. The summed E-state index contributed by atoms with van der Waals surface area (Å²) in [5, 5.41) is 2.84. The largest absolute Gasteiger partial charge is 0.490 e. The fourth-order valence-corrected chi connectivity index (χ4v) is 2.50. The summed E-state index contributed by atoms with van der Waals surface area (Å²) in [6.07, 6.45) is -0.0548. The van der Waals surface area contributed by atoms with Gasteiger partial charge in [-0.1, -0.05) is 6.58 Å². The maximum absolute atomic E-state index is 12.5. The van der Waals surface area contributed by atoms with Gasteiger partial charge in [-0.15, -0.1) is 0 Å². The van der Waals surface area contributed by atoms with Crippen LogP contribution in [0.4, 0.5) is 13.2 Å². The molecule has 1 fully saturated rings. The minimum atomic E-state index is -4.33. The lowest BCUT2D eigenvalue weighted by Gasteiger charge is -2.29. The third-order valence-electron chi connectivity index (χ3n) is 3.69. The van der Waals surface area contributed by atoms with Crippen molar-refractivity contribution < 1.29 is 22.7 Å². The highest BCUT2D eigenvalue weighted by atomic mass is 19.4. The summed E-state index contributed by atoms with van der Waals surface area (Å²) >= 11 is 0. The fourth-order valence-electron chi connectivity index (χ4n) is 2.50. The smallest absolute Gasteiger partial charge is 0.416 e. The number of amides is 1. The van der Waals surface area contributed by atoms with Crippen LogP contribution in [0.5, 0.6) is 5.75 Å². The molecule has 0 aromatic heterocycles. The molecule has 0 unspecified atom stereocenters. The van der Waals surface area contributed by atoms with Crippen LogP contribution >= 0.6 is 0 Å². The molecule has 6 heteroatoms. The summed E-state index contributed by atoms with van der Waals surface area (Å²) < 4.78 is 43.1. The Hall–Kier alpha value is -1.98. The van der Waals surface area contributed by atoms with E-state index in [0.29, 0.717) is 5.75 Å². The normalized spacial score (nSPS) is 22.0. The first kappa shape index (κ1) is 16.4. The van der Waals surface area contributed by atoms with Crippen molar-refractivity contribution in [3.63, 3.8) is 0 Å². The Kier molecular flexibility index (Phi) is 5.11.